The van der Waals surface area contributed by atoms with E-state index >= 15 is 0 Å². The summed E-state index contributed by atoms with van der Waals surface area (Å²) in [4.78, 5) is 29.8. The highest BCUT2D eigenvalue weighted by atomic mass is 19.4. The molecule has 0 spiro atoms. The minimum absolute atomic E-state index is 0.0929. The molecule has 0 fully saturated rings. The van der Waals surface area contributed by atoms with E-state index in [4.69, 9.17) is 9.47 Å². The molecule has 3 aromatic carbocycles. The first-order valence-corrected chi connectivity index (χ1v) is 12.2. The van der Waals surface area contributed by atoms with Gasteiger partial charge in [-0.15, -0.1) is 0 Å². The lowest BCUT2D eigenvalue weighted by Crippen LogP contribution is -2.28. The smallest absolute Gasteiger partial charge is 0.489 e. The van der Waals surface area contributed by atoms with Crippen molar-refractivity contribution in [3.63, 3.8) is 0 Å². The Kier molecular flexibility index (Phi) is 8.25. The first-order chi connectivity index (χ1) is 18.5. The van der Waals surface area contributed by atoms with Crippen LogP contribution in [-0.4, -0.2) is 41.0 Å². The van der Waals surface area contributed by atoms with Crippen molar-refractivity contribution in [3.05, 3.63) is 89.6 Å². The predicted octanol–water partition coefficient (Wildman–Crippen LogP) is 6.31. The Morgan fingerprint density at radius 3 is 2.31 bits per heavy atom. The number of halogens is 3. The Labute approximate surface area is 223 Å². The number of carbonyl (C=O) groups excluding carboxylic acids is 2. The van der Waals surface area contributed by atoms with Crippen molar-refractivity contribution in [2.45, 2.75) is 39.2 Å². The highest BCUT2D eigenvalue weighted by Gasteiger charge is 2.42. The van der Waals surface area contributed by atoms with Gasteiger partial charge in [-0.2, -0.15) is 13.2 Å². The number of nitrogens with zero attached hydrogens (tertiary/aromatic N) is 1. The van der Waals surface area contributed by atoms with Crippen LogP contribution in [0.5, 0.6) is 11.5 Å². The molecule has 39 heavy (non-hydrogen) atoms. The van der Waals surface area contributed by atoms with Crippen LogP contribution >= 0.6 is 0 Å². The van der Waals surface area contributed by atoms with Gasteiger partial charge < -0.3 is 19.8 Å². The molecule has 4 rings (SSSR count). The fourth-order valence-corrected chi connectivity index (χ4v) is 3.75. The Morgan fingerprint density at radius 2 is 1.67 bits per heavy atom. The molecule has 204 valence electrons. The molecule has 0 aliphatic rings. The molecule has 7 nitrogen and oxygen atoms in total. The number of nitrogens with one attached hydrogen (secondary N) is 2. The average molecular weight is 540 g/mol. The van der Waals surface area contributed by atoms with E-state index in [0.29, 0.717) is 29.5 Å². The van der Waals surface area contributed by atoms with E-state index in [9.17, 15) is 22.8 Å². The van der Waals surface area contributed by atoms with Crippen molar-refractivity contribution in [2.75, 3.05) is 12.4 Å². The van der Waals surface area contributed by atoms with E-state index in [2.05, 4.69) is 29.0 Å². The quantitative estimate of drug-likeness (QED) is 0.244. The van der Waals surface area contributed by atoms with Gasteiger partial charge in [-0.05, 0) is 62.4 Å². The summed E-state index contributed by atoms with van der Waals surface area (Å²) < 4.78 is 49.7. The minimum Gasteiger partial charge on any atom is -0.489 e. The molecule has 0 aliphatic carbocycles. The van der Waals surface area contributed by atoms with Gasteiger partial charge in [0.2, 0.25) is 0 Å². The van der Waals surface area contributed by atoms with Gasteiger partial charge in [0.1, 0.15) is 18.1 Å². The highest BCUT2D eigenvalue weighted by molar-refractivity contribution is 6.10. The van der Waals surface area contributed by atoms with E-state index < -0.39 is 23.8 Å². The van der Waals surface area contributed by atoms with Crippen molar-refractivity contribution in [2.24, 2.45) is 0 Å². The number of benzene rings is 3. The summed E-state index contributed by atoms with van der Waals surface area (Å²) >= 11 is 0. The fraction of sp³-hybridized carbons (Fsp3) is 0.241. The van der Waals surface area contributed by atoms with Gasteiger partial charge in [-0.3, -0.25) is 9.69 Å². The number of carbonyl (C=O) groups is 2. The number of hydrogen-bond donors (Lipinski definition) is 2. The summed E-state index contributed by atoms with van der Waals surface area (Å²) in [6, 6.07) is 21.3. The molecule has 10 heteroatoms. The molecule has 1 amide bonds. The topological polar surface area (TPSA) is 83.7 Å². The molecule has 2 N–H and O–H groups in total. The Hall–Kier alpha value is -4.31. The second kappa shape index (κ2) is 11.6. The molecule has 0 unspecified atom stereocenters. The zero-order chi connectivity index (χ0) is 28.2. The van der Waals surface area contributed by atoms with Gasteiger partial charge >= 0.3 is 12.1 Å². The number of hydrogen-bond acceptors (Lipinski definition) is 5. The summed E-state index contributed by atoms with van der Waals surface area (Å²) in [7, 11) is 2.00. The minimum atomic E-state index is -5.25. The van der Waals surface area contributed by atoms with E-state index in [0.717, 1.165) is 11.1 Å². The predicted molar refractivity (Wildman–Crippen MR) is 142 cm³/mol. The fourth-order valence-electron chi connectivity index (χ4n) is 3.75. The summed E-state index contributed by atoms with van der Waals surface area (Å²) in [5, 5.41) is 2.74. The monoisotopic (exact) mass is 539 g/mol. The first-order valence-electron chi connectivity index (χ1n) is 12.2. The third-order valence-electron chi connectivity index (χ3n) is 6.15. The number of aromatic nitrogens is 1. The molecule has 1 aromatic heterocycles. The van der Waals surface area contributed by atoms with Crippen molar-refractivity contribution >= 4 is 28.5 Å². The normalized spacial score (nSPS) is 11.7. The standard InChI is InChI=1S/C29H28F3N3O4/c1-18(2)35(3)16-19-9-11-21(12-10-19)33-27(36)25-26(39-28(37)29(30,31)32)23-15-22(13-14-24(23)34-25)38-17-20-7-5-4-6-8-20/h4-15,18,34H,16-17H2,1-3H3,(H,33,36). The molecule has 4 aromatic rings. The second-order valence-electron chi connectivity index (χ2n) is 9.36. The van der Waals surface area contributed by atoms with Crippen LogP contribution in [0.2, 0.25) is 0 Å². The van der Waals surface area contributed by atoms with Crippen LogP contribution in [0.1, 0.15) is 35.5 Å². The zero-order valence-corrected chi connectivity index (χ0v) is 21.6. The number of ether oxygens (including phenoxy) is 2. The van der Waals surface area contributed by atoms with Crippen molar-refractivity contribution < 1.29 is 32.2 Å². The highest BCUT2D eigenvalue weighted by Crippen LogP contribution is 2.35. The number of alkyl halides is 3. The maximum atomic E-state index is 13.1. The molecule has 0 radical (unpaired) electrons. The van der Waals surface area contributed by atoms with Crippen LogP contribution in [0.4, 0.5) is 18.9 Å². The van der Waals surface area contributed by atoms with Gasteiger partial charge in [0.25, 0.3) is 5.91 Å². The van der Waals surface area contributed by atoms with Gasteiger partial charge in [0.05, 0.1) is 5.52 Å². The number of esters is 1. The van der Waals surface area contributed by atoms with Crippen LogP contribution in [0.15, 0.2) is 72.8 Å². The Bertz CT molecular complexity index is 1450. The summed E-state index contributed by atoms with van der Waals surface area (Å²) in [5.74, 6) is -3.42. The largest absolute Gasteiger partial charge is 0.491 e. The molecule has 0 atom stereocenters. The third kappa shape index (κ3) is 6.97. The number of aromatic amines is 1. The van der Waals surface area contributed by atoms with Crippen molar-refractivity contribution in [1.29, 1.82) is 0 Å². The summed E-state index contributed by atoms with van der Waals surface area (Å²) in [6.07, 6.45) is -5.25. The van der Waals surface area contributed by atoms with Crippen LogP contribution in [0, 0.1) is 0 Å². The Balaban J connectivity index is 1.60. The van der Waals surface area contributed by atoms with Crippen LogP contribution < -0.4 is 14.8 Å². The molecule has 0 saturated carbocycles. The van der Waals surface area contributed by atoms with E-state index in [1.165, 1.54) is 12.1 Å². The number of H-pyrrole nitrogens is 1. The van der Waals surface area contributed by atoms with Crippen LogP contribution in [0.25, 0.3) is 10.9 Å². The maximum Gasteiger partial charge on any atom is 0.491 e. The first kappa shape index (κ1) is 27.7. The van der Waals surface area contributed by atoms with E-state index in [-0.39, 0.29) is 17.7 Å². The van der Waals surface area contributed by atoms with Gasteiger partial charge in [-0.25, -0.2) is 4.79 Å². The van der Waals surface area contributed by atoms with E-state index in [1.807, 2.05) is 49.5 Å². The van der Waals surface area contributed by atoms with Crippen LogP contribution in [-0.2, 0) is 17.9 Å². The van der Waals surface area contributed by atoms with Crippen molar-refractivity contribution in [1.82, 2.24) is 9.88 Å². The number of fused-ring (bicyclic) bond motifs is 1. The number of anilines is 1. The maximum absolute atomic E-state index is 13.1. The molecule has 0 bridgehead atoms. The SMILES string of the molecule is CC(C)N(C)Cc1ccc(NC(=O)c2[nH]c3ccc(OCc4ccccc4)cc3c2OC(=O)C(F)(F)F)cc1. The molecule has 1 heterocycles. The van der Waals surface area contributed by atoms with Gasteiger partial charge in [0, 0.05) is 23.7 Å². The lowest BCUT2D eigenvalue weighted by Gasteiger charge is -2.21. The molecule has 0 aliphatic heterocycles. The summed E-state index contributed by atoms with van der Waals surface area (Å²) in [5.41, 5.74) is 2.31. The summed E-state index contributed by atoms with van der Waals surface area (Å²) in [6.45, 7) is 5.08. The average Bonchev–Trinajstić information content (AvgIpc) is 3.26. The van der Waals surface area contributed by atoms with Crippen molar-refractivity contribution in [3.8, 4) is 11.5 Å². The third-order valence-corrected chi connectivity index (χ3v) is 6.15. The zero-order valence-electron chi connectivity index (χ0n) is 21.6. The Morgan fingerprint density at radius 1 is 0.974 bits per heavy atom. The van der Waals surface area contributed by atoms with Gasteiger partial charge in [0.15, 0.2) is 5.75 Å². The molecular weight excluding hydrogens is 511 g/mol. The lowest BCUT2D eigenvalue weighted by atomic mass is 10.1. The van der Waals surface area contributed by atoms with E-state index in [1.54, 1.807) is 18.2 Å². The molecular formula is C29H28F3N3O4. The molecule has 0 saturated heterocycles. The number of amides is 1. The second-order valence-corrected chi connectivity index (χ2v) is 9.36. The van der Waals surface area contributed by atoms with Crippen LogP contribution in [0.3, 0.4) is 0 Å². The van der Waals surface area contributed by atoms with Gasteiger partial charge in [-0.1, -0.05) is 42.5 Å². The lowest BCUT2D eigenvalue weighted by molar-refractivity contribution is -0.189. The number of rotatable bonds is 9.